The molecule has 2 aromatic carbocycles. The van der Waals surface area contributed by atoms with Crippen LogP contribution < -0.4 is 15.8 Å². The number of carbonyl (C=O) groups excluding carboxylic acids is 1. The molecule has 3 N–H and O–H groups in total. The number of amides is 1. The number of hydrogen-bond acceptors (Lipinski definition) is 4. The van der Waals surface area contributed by atoms with Gasteiger partial charge in [-0.05, 0) is 56.1 Å². The van der Waals surface area contributed by atoms with Crippen molar-refractivity contribution in [3.63, 3.8) is 0 Å². The van der Waals surface area contributed by atoms with Crippen LogP contribution in [0.3, 0.4) is 0 Å². The average molecular weight is 447 g/mol. The molecule has 1 amide bonds. The Morgan fingerprint density at radius 1 is 1.18 bits per heavy atom. The van der Waals surface area contributed by atoms with Crippen molar-refractivity contribution in [2.45, 2.75) is 19.3 Å². The maximum Gasteiger partial charge on any atom is 0.259 e. The minimum Gasteiger partial charge on any atom is -0.496 e. The number of nitrogens with two attached hydrogens (primary N) is 1. The molecule has 2 aromatic rings. The van der Waals surface area contributed by atoms with E-state index in [9.17, 15) is 4.79 Å². The van der Waals surface area contributed by atoms with E-state index in [-0.39, 0.29) is 30.7 Å². The molecular weight excluding hydrogens is 421 g/mol. The van der Waals surface area contributed by atoms with Gasteiger partial charge >= 0.3 is 0 Å². The first-order valence-corrected chi connectivity index (χ1v) is 9.20. The molecular formula is C20H26Cl3N3O2. The molecule has 0 aliphatic carbocycles. The second-order valence-corrected chi connectivity index (χ2v) is 6.93. The number of anilines is 2. The second-order valence-electron chi connectivity index (χ2n) is 6.52. The van der Waals surface area contributed by atoms with Crippen molar-refractivity contribution in [2.24, 2.45) is 0 Å². The first kappa shape index (κ1) is 24.4. The highest BCUT2D eigenvalue weighted by Crippen LogP contribution is 2.29. The fraction of sp³-hybridized carbons (Fsp3) is 0.350. The molecule has 5 nitrogen and oxygen atoms in total. The molecule has 1 saturated heterocycles. The number of likely N-dealkylation sites (tertiary alicyclic amines) is 1. The number of carbonyl (C=O) groups is 1. The van der Waals surface area contributed by atoms with Gasteiger partial charge in [-0.25, -0.2) is 0 Å². The van der Waals surface area contributed by atoms with Crippen molar-refractivity contribution < 1.29 is 9.53 Å². The van der Waals surface area contributed by atoms with Gasteiger partial charge in [0.1, 0.15) is 5.75 Å². The summed E-state index contributed by atoms with van der Waals surface area (Å²) in [5, 5.41) is 3.20. The van der Waals surface area contributed by atoms with Crippen molar-refractivity contribution in [1.29, 1.82) is 0 Å². The van der Waals surface area contributed by atoms with Gasteiger partial charge in [0.05, 0.1) is 23.4 Å². The SMILES string of the molecule is COc1cc(N)c(Cl)cc1C(=O)Nc1ccc(CCN2CCCC2)cc1.Cl.Cl. The van der Waals surface area contributed by atoms with E-state index in [1.54, 1.807) is 6.07 Å². The number of nitrogens with zero attached hydrogens (tertiary/aromatic N) is 1. The summed E-state index contributed by atoms with van der Waals surface area (Å²) in [7, 11) is 1.49. The van der Waals surface area contributed by atoms with Gasteiger partial charge in [0.2, 0.25) is 0 Å². The van der Waals surface area contributed by atoms with E-state index in [4.69, 9.17) is 22.1 Å². The van der Waals surface area contributed by atoms with Crippen LogP contribution in [0, 0.1) is 0 Å². The van der Waals surface area contributed by atoms with Gasteiger partial charge in [-0.1, -0.05) is 23.7 Å². The third-order valence-electron chi connectivity index (χ3n) is 4.69. The highest BCUT2D eigenvalue weighted by Gasteiger charge is 2.15. The number of hydrogen-bond donors (Lipinski definition) is 2. The summed E-state index contributed by atoms with van der Waals surface area (Å²) < 4.78 is 5.24. The van der Waals surface area contributed by atoms with E-state index in [1.165, 1.54) is 44.7 Å². The predicted molar refractivity (Wildman–Crippen MR) is 121 cm³/mol. The Labute approximate surface area is 183 Å². The molecule has 0 atom stereocenters. The van der Waals surface area contributed by atoms with Crippen molar-refractivity contribution in [3.05, 3.63) is 52.5 Å². The molecule has 3 rings (SSSR count). The molecule has 1 heterocycles. The smallest absolute Gasteiger partial charge is 0.259 e. The summed E-state index contributed by atoms with van der Waals surface area (Å²) in [6.07, 6.45) is 3.64. The van der Waals surface area contributed by atoms with Crippen LogP contribution in [-0.2, 0) is 6.42 Å². The Kier molecular flexibility index (Phi) is 9.90. The third kappa shape index (κ3) is 6.17. The molecule has 0 saturated carbocycles. The largest absolute Gasteiger partial charge is 0.496 e. The van der Waals surface area contributed by atoms with Crippen LogP contribution >= 0.6 is 36.4 Å². The lowest BCUT2D eigenvalue weighted by atomic mass is 10.1. The van der Waals surface area contributed by atoms with Gasteiger partial charge in [0.25, 0.3) is 5.91 Å². The van der Waals surface area contributed by atoms with Gasteiger partial charge in [0.15, 0.2) is 0 Å². The monoisotopic (exact) mass is 445 g/mol. The van der Waals surface area contributed by atoms with Crippen LogP contribution in [0.5, 0.6) is 5.75 Å². The van der Waals surface area contributed by atoms with Gasteiger partial charge in [-0.15, -0.1) is 24.8 Å². The number of benzene rings is 2. The van der Waals surface area contributed by atoms with Crippen molar-refractivity contribution in [3.8, 4) is 5.75 Å². The Balaban J connectivity index is 0.00000196. The predicted octanol–water partition coefficient (Wildman–Crippen LogP) is 4.67. The molecule has 0 aromatic heterocycles. The highest BCUT2D eigenvalue weighted by molar-refractivity contribution is 6.33. The molecule has 154 valence electrons. The standard InChI is InChI=1S/C20H24ClN3O2.2ClH/c1-26-19-13-18(22)17(21)12-16(19)20(25)23-15-6-4-14(5-7-15)8-11-24-9-2-3-10-24;;/h4-7,12-13H,2-3,8-11,22H2,1H3,(H,23,25);2*1H. The van der Waals surface area contributed by atoms with Gasteiger partial charge in [0, 0.05) is 18.3 Å². The van der Waals surface area contributed by atoms with E-state index < -0.39 is 0 Å². The minimum atomic E-state index is -0.284. The number of methoxy groups -OCH3 is 1. The molecule has 0 spiro atoms. The lowest BCUT2D eigenvalue weighted by Gasteiger charge is -2.14. The quantitative estimate of drug-likeness (QED) is 0.633. The van der Waals surface area contributed by atoms with Gasteiger partial charge in [-0.2, -0.15) is 0 Å². The zero-order chi connectivity index (χ0) is 18.5. The number of nitrogen functional groups attached to an aromatic ring is 1. The van der Waals surface area contributed by atoms with Crippen LogP contribution in [0.25, 0.3) is 0 Å². The van der Waals surface area contributed by atoms with Crippen molar-refractivity contribution in [2.75, 3.05) is 37.8 Å². The molecule has 0 bridgehead atoms. The topological polar surface area (TPSA) is 67.6 Å². The number of halogens is 3. The zero-order valence-electron chi connectivity index (χ0n) is 15.7. The lowest BCUT2D eigenvalue weighted by Crippen LogP contribution is -2.21. The molecule has 28 heavy (non-hydrogen) atoms. The Morgan fingerprint density at radius 2 is 1.82 bits per heavy atom. The van der Waals surface area contributed by atoms with E-state index >= 15 is 0 Å². The molecule has 1 fully saturated rings. The normalized spacial score (nSPS) is 13.4. The van der Waals surface area contributed by atoms with Crippen molar-refractivity contribution in [1.82, 2.24) is 4.90 Å². The minimum absolute atomic E-state index is 0. The van der Waals surface area contributed by atoms with E-state index in [0.29, 0.717) is 22.0 Å². The summed E-state index contributed by atoms with van der Waals surface area (Å²) in [5.41, 5.74) is 8.49. The van der Waals surface area contributed by atoms with Crippen LogP contribution in [-0.4, -0.2) is 37.6 Å². The molecule has 1 aliphatic heterocycles. The van der Waals surface area contributed by atoms with Crippen LogP contribution in [0.15, 0.2) is 36.4 Å². The Bertz CT molecular complexity index is 779. The molecule has 1 aliphatic rings. The summed E-state index contributed by atoms with van der Waals surface area (Å²) in [6.45, 7) is 3.51. The molecule has 0 radical (unpaired) electrons. The highest BCUT2D eigenvalue weighted by atomic mass is 35.5. The van der Waals surface area contributed by atoms with Crippen LogP contribution in [0.4, 0.5) is 11.4 Å². The van der Waals surface area contributed by atoms with Crippen molar-refractivity contribution >= 4 is 53.7 Å². The van der Waals surface area contributed by atoms with Gasteiger partial charge < -0.3 is 20.7 Å². The Hall–Kier alpha value is -1.66. The maximum absolute atomic E-state index is 12.5. The summed E-state index contributed by atoms with van der Waals surface area (Å²) in [6, 6.07) is 11.0. The molecule has 8 heteroatoms. The summed E-state index contributed by atoms with van der Waals surface area (Å²) >= 11 is 6.03. The van der Waals surface area contributed by atoms with Gasteiger partial charge in [-0.3, -0.25) is 4.79 Å². The third-order valence-corrected chi connectivity index (χ3v) is 5.02. The van der Waals surface area contributed by atoms with Crippen LogP contribution in [0.2, 0.25) is 5.02 Å². The summed E-state index contributed by atoms with van der Waals surface area (Å²) in [5.74, 6) is 0.111. The van der Waals surface area contributed by atoms with E-state index in [0.717, 1.165) is 18.7 Å². The van der Waals surface area contributed by atoms with Crippen LogP contribution in [0.1, 0.15) is 28.8 Å². The fourth-order valence-corrected chi connectivity index (χ4v) is 3.33. The average Bonchev–Trinajstić information content (AvgIpc) is 3.16. The fourth-order valence-electron chi connectivity index (χ4n) is 3.16. The van der Waals surface area contributed by atoms with E-state index in [2.05, 4.69) is 22.3 Å². The summed E-state index contributed by atoms with van der Waals surface area (Å²) in [4.78, 5) is 15.0. The second kappa shape index (κ2) is 11.4. The lowest BCUT2D eigenvalue weighted by molar-refractivity contribution is 0.102. The first-order valence-electron chi connectivity index (χ1n) is 8.82. The number of nitrogens with one attached hydrogen (secondary N) is 1. The Morgan fingerprint density at radius 3 is 2.43 bits per heavy atom. The number of ether oxygens (including phenoxy) is 1. The van der Waals surface area contributed by atoms with E-state index in [1.807, 2.05) is 12.1 Å². The molecule has 0 unspecified atom stereocenters. The zero-order valence-corrected chi connectivity index (χ0v) is 18.1. The first-order chi connectivity index (χ1) is 12.6. The maximum atomic E-state index is 12.5. The number of rotatable bonds is 6.